The Balaban J connectivity index is 1.54. The lowest BCUT2D eigenvalue weighted by atomic mass is 10.3. The van der Waals surface area contributed by atoms with Crippen LogP contribution in [0.4, 0.5) is 18.9 Å². The Morgan fingerprint density at radius 1 is 1.10 bits per heavy atom. The second-order valence-electron chi connectivity index (χ2n) is 6.88. The Hall–Kier alpha value is -2.34. The highest BCUT2D eigenvalue weighted by atomic mass is 35.5. The molecule has 1 amide bonds. The van der Waals surface area contributed by atoms with Crippen molar-refractivity contribution in [3.63, 3.8) is 0 Å². The van der Waals surface area contributed by atoms with Crippen molar-refractivity contribution >= 4 is 33.2 Å². The molecule has 0 unspecified atom stereocenters. The van der Waals surface area contributed by atoms with E-state index in [4.69, 9.17) is 11.6 Å². The first-order valence-electron chi connectivity index (χ1n) is 9.28. The fourth-order valence-electron chi connectivity index (χ4n) is 3.17. The van der Waals surface area contributed by atoms with Crippen LogP contribution in [0.5, 0.6) is 5.75 Å². The fraction of sp³-hybridized carbons (Fsp3) is 0.316. The molecule has 12 heteroatoms. The number of quaternary nitrogens is 1. The number of piperazine rings is 1. The highest BCUT2D eigenvalue weighted by molar-refractivity contribution is 7.89. The van der Waals surface area contributed by atoms with Gasteiger partial charge in [-0.05, 0) is 36.4 Å². The van der Waals surface area contributed by atoms with Gasteiger partial charge in [-0.3, -0.25) is 4.79 Å². The summed E-state index contributed by atoms with van der Waals surface area (Å²) in [7, 11) is -3.86. The lowest BCUT2D eigenvalue weighted by molar-refractivity contribution is -0.895. The average molecular weight is 479 g/mol. The summed E-state index contributed by atoms with van der Waals surface area (Å²) >= 11 is 6.02. The van der Waals surface area contributed by atoms with Crippen molar-refractivity contribution in [3.05, 3.63) is 53.6 Å². The first kappa shape index (κ1) is 23.3. The molecule has 0 saturated carbocycles. The van der Waals surface area contributed by atoms with Gasteiger partial charge in [0, 0.05) is 0 Å². The Kier molecular flexibility index (Phi) is 7.10. The number of rotatable bonds is 6. The number of carbonyl (C=O) groups is 1. The molecule has 0 spiro atoms. The van der Waals surface area contributed by atoms with Crippen LogP contribution in [0.3, 0.4) is 0 Å². The van der Waals surface area contributed by atoms with E-state index in [-0.39, 0.29) is 30.4 Å². The molecule has 2 aromatic carbocycles. The summed E-state index contributed by atoms with van der Waals surface area (Å²) in [5, 5.41) is 3.16. The molecule has 1 fully saturated rings. The molecule has 3 rings (SSSR count). The number of alkyl halides is 3. The third kappa shape index (κ3) is 6.33. The van der Waals surface area contributed by atoms with E-state index in [1.165, 1.54) is 4.31 Å². The lowest BCUT2D eigenvalue weighted by Gasteiger charge is -2.31. The number of amides is 1. The van der Waals surface area contributed by atoms with Gasteiger partial charge in [0.25, 0.3) is 5.91 Å². The number of nitrogens with one attached hydrogen (secondary N) is 2. The second kappa shape index (κ2) is 9.43. The second-order valence-corrected chi connectivity index (χ2v) is 9.22. The van der Waals surface area contributed by atoms with Crippen molar-refractivity contribution in [3.8, 4) is 5.75 Å². The minimum absolute atomic E-state index is 0.123. The van der Waals surface area contributed by atoms with E-state index in [0.717, 1.165) is 29.2 Å². The molecule has 2 N–H and O–H groups in total. The molecule has 1 aliphatic heterocycles. The number of nitrogens with zero attached hydrogens (tertiary/aromatic N) is 1. The Morgan fingerprint density at radius 3 is 2.29 bits per heavy atom. The molecule has 0 radical (unpaired) electrons. The van der Waals surface area contributed by atoms with Crippen molar-refractivity contribution in [2.75, 3.05) is 38.0 Å². The van der Waals surface area contributed by atoms with Crippen LogP contribution in [0.1, 0.15) is 0 Å². The van der Waals surface area contributed by atoms with Crippen LogP contribution >= 0.6 is 11.6 Å². The molecule has 0 bridgehead atoms. The Bertz CT molecular complexity index is 1020. The van der Waals surface area contributed by atoms with Gasteiger partial charge in [0.05, 0.1) is 41.8 Å². The van der Waals surface area contributed by atoms with Crippen molar-refractivity contribution < 1.29 is 36.0 Å². The molecule has 7 nitrogen and oxygen atoms in total. The number of para-hydroxylation sites is 1. The summed E-state index contributed by atoms with van der Waals surface area (Å²) in [6, 6.07) is 10.9. The van der Waals surface area contributed by atoms with Crippen LogP contribution in [-0.4, -0.2) is 57.7 Å². The topological polar surface area (TPSA) is 80.2 Å². The first-order chi connectivity index (χ1) is 14.5. The molecule has 0 aromatic heterocycles. The SMILES string of the molecule is O=C(C[NH+]1CCN(S(=O)(=O)c2ccc(OC(F)(F)F)cc2)CC1)Nc1ccccc1Cl. The number of carbonyl (C=O) groups excluding carboxylic acids is 1. The zero-order valence-electron chi connectivity index (χ0n) is 16.2. The molecular weight excluding hydrogens is 459 g/mol. The molecule has 0 aliphatic carbocycles. The predicted molar refractivity (Wildman–Crippen MR) is 108 cm³/mol. The van der Waals surface area contributed by atoms with Crippen molar-refractivity contribution in [2.45, 2.75) is 11.3 Å². The van der Waals surface area contributed by atoms with Gasteiger partial charge < -0.3 is 15.0 Å². The lowest BCUT2D eigenvalue weighted by Crippen LogP contribution is -3.15. The molecule has 31 heavy (non-hydrogen) atoms. The summed E-state index contributed by atoms with van der Waals surface area (Å²) in [5.74, 6) is -0.732. The van der Waals surface area contributed by atoms with E-state index < -0.39 is 22.1 Å². The molecule has 1 saturated heterocycles. The number of halogens is 4. The summed E-state index contributed by atoms with van der Waals surface area (Å²) < 4.78 is 67.3. The third-order valence-corrected chi connectivity index (χ3v) is 6.93. The van der Waals surface area contributed by atoms with E-state index in [2.05, 4.69) is 10.1 Å². The molecular formula is C19H20ClF3N3O4S+. The monoisotopic (exact) mass is 478 g/mol. The van der Waals surface area contributed by atoms with Crippen LogP contribution in [0, 0.1) is 0 Å². The van der Waals surface area contributed by atoms with Crippen LogP contribution in [0.2, 0.25) is 5.02 Å². The molecule has 1 aliphatic rings. The Labute approximate surface area is 182 Å². The van der Waals surface area contributed by atoms with Gasteiger partial charge in [0.1, 0.15) is 5.75 Å². The van der Waals surface area contributed by atoms with Gasteiger partial charge in [-0.2, -0.15) is 4.31 Å². The normalized spacial score (nSPS) is 16.1. The van der Waals surface area contributed by atoms with Crippen molar-refractivity contribution in [1.29, 1.82) is 0 Å². The number of hydrogen-bond acceptors (Lipinski definition) is 4. The van der Waals surface area contributed by atoms with Gasteiger partial charge >= 0.3 is 6.36 Å². The van der Waals surface area contributed by atoms with Crippen molar-refractivity contribution in [2.24, 2.45) is 0 Å². The van der Waals surface area contributed by atoms with E-state index in [1.807, 2.05) is 0 Å². The van der Waals surface area contributed by atoms with E-state index in [0.29, 0.717) is 23.8 Å². The Morgan fingerprint density at radius 2 is 1.71 bits per heavy atom. The van der Waals surface area contributed by atoms with E-state index in [9.17, 15) is 26.4 Å². The highest BCUT2D eigenvalue weighted by Gasteiger charge is 2.33. The van der Waals surface area contributed by atoms with Crippen LogP contribution < -0.4 is 15.0 Å². The van der Waals surface area contributed by atoms with Crippen LogP contribution in [-0.2, 0) is 14.8 Å². The molecule has 1 heterocycles. The minimum atomic E-state index is -4.85. The molecule has 0 atom stereocenters. The maximum absolute atomic E-state index is 12.8. The zero-order chi connectivity index (χ0) is 22.6. The zero-order valence-corrected chi connectivity index (χ0v) is 17.7. The summed E-state index contributed by atoms with van der Waals surface area (Å²) in [6.07, 6.45) is -4.85. The van der Waals surface area contributed by atoms with Crippen LogP contribution in [0.15, 0.2) is 53.4 Å². The molecule has 2 aromatic rings. The quantitative estimate of drug-likeness (QED) is 0.663. The minimum Gasteiger partial charge on any atom is -0.406 e. The smallest absolute Gasteiger partial charge is 0.406 e. The summed E-state index contributed by atoms with van der Waals surface area (Å²) in [5.41, 5.74) is 0.507. The van der Waals surface area contributed by atoms with Gasteiger partial charge in [-0.25, -0.2) is 8.42 Å². The largest absolute Gasteiger partial charge is 0.573 e. The maximum Gasteiger partial charge on any atom is 0.573 e. The number of ether oxygens (including phenoxy) is 1. The standard InChI is InChI=1S/C19H19ClF3N3O4S/c20-16-3-1-2-4-17(16)24-18(27)13-25-9-11-26(12-10-25)31(28,29)15-7-5-14(6-8-15)30-19(21,22)23/h1-8H,9-13H2,(H,24,27)/p+1. The van der Waals surface area contributed by atoms with Gasteiger partial charge in [-0.1, -0.05) is 23.7 Å². The van der Waals surface area contributed by atoms with Gasteiger partial charge in [0.2, 0.25) is 10.0 Å². The third-order valence-electron chi connectivity index (χ3n) is 4.68. The number of hydrogen-bond donors (Lipinski definition) is 2. The number of benzene rings is 2. The average Bonchev–Trinajstić information content (AvgIpc) is 2.69. The predicted octanol–water partition coefficient (Wildman–Crippen LogP) is 1.77. The number of sulfonamides is 1. The first-order valence-corrected chi connectivity index (χ1v) is 11.1. The fourth-order valence-corrected chi connectivity index (χ4v) is 4.79. The molecule has 168 valence electrons. The van der Waals surface area contributed by atoms with Crippen molar-refractivity contribution in [1.82, 2.24) is 4.31 Å². The summed E-state index contributed by atoms with van der Waals surface area (Å²) in [6.45, 7) is 1.33. The summed E-state index contributed by atoms with van der Waals surface area (Å²) in [4.78, 5) is 13.0. The van der Waals surface area contributed by atoms with Gasteiger partial charge in [0.15, 0.2) is 6.54 Å². The van der Waals surface area contributed by atoms with E-state index in [1.54, 1.807) is 24.3 Å². The maximum atomic E-state index is 12.8. The van der Waals surface area contributed by atoms with E-state index >= 15 is 0 Å². The van der Waals surface area contributed by atoms with Gasteiger partial charge in [-0.15, -0.1) is 13.2 Å². The number of anilines is 1. The highest BCUT2D eigenvalue weighted by Crippen LogP contribution is 2.25. The van der Waals surface area contributed by atoms with Crippen LogP contribution in [0.25, 0.3) is 0 Å².